The highest BCUT2D eigenvalue weighted by atomic mass is 35.5. The molecule has 0 radical (unpaired) electrons. The smallest absolute Gasteiger partial charge is 0.326 e. The predicted molar refractivity (Wildman–Crippen MR) is 120 cm³/mol. The van der Waals surface area contributed by atoms with Crippen LogP contribution in [0.3, 0.4) is 0 Å². The number of carboxylic acids is 1. The Balaban J connectivity index is 1.78. The molecule has 4 amide bonds. The molecule has 0 aromatic heterocycles. The maximum absolute atomic E-state index is 13.2. The van der Waals surface area contributed by atoms with Crippen molar-refractivity contribution in [2.45, 2.75) is 18.9 Å². The van der Waals surface area contributed by atoms with E-state index in [-0.39, 0.29) is 19.4 Å². The predicted octanol–water partition coefficient (Wildman–Crippen LogP) is 1.87. The number of hydrogen-bond acceptors (Lipinski definition) is 5. The zero-order valence-electron chi connectivity index (χ0n) is 17.9. The van der Waals surface area contributed by atoms with Crippen molar-refractivity contribution >= 4 is 35.4 Å². The summed E-state index contributed by atoms with van der Waals surface area (Å²) < 4.78 is 5.32. The van der Waals surface area contributed by atoms with Gasteiger partial charge in [0.2, 0.25) is 11.8 Å². The van der Waals surface area contributed by atoms with Crippen LogP contribution >= 0.6 is 11.6 Å². The van der Waals surface area contributed by atoms with Gasteiger partial charge in [-0.3, -0.25) is 14.5 Å². The molecule has 0 saturated carbocycles. The molecular formula is C23H24ClN3O6. The number of methoxy groups -OCH3 is 1. The van der Waals surface area contributed by atoms with Crippen LogP contribution in [0.2, 0.25) is 5.02 Å². The zero-order chi connectivity index (χ0) is 24.0. The number of imide groups is 1. The van der Waals surface area contributed by atoms with Crippen molar-refractivity contribution in [3.05, 3.63) is 64.7 Å². The fourth-order valence-electron chi connectivity index (χ4n) is 3.60. The molecule has 0 aliphatic carbocycles. The maximum Gasteiger partial charge on any atom is 0.326 e. The summed E-state index contributed by atoms with van der Waals surface area (Å²) in [6, 6.07) is 11.5. The summed E-state index contributed by atoms with van der Waals surface area (Å²) in [4.78, 5) is 50.7. The lowest BCUT2D eigenvalue weighted by atomic mass is 9.97. The van der Waals surface area contributed by atoms with Crippen molar-refractivity contribution in [3.63, 3.8) is 0 Å². The molecule has 1 unspecified atom stereocenters. The number of hydrogen-bond donors (Lipinski definition) is 3. The number of halogens is 1. The summed E-state index contributed by atoms with van der Waals surface area (Å²) >= 11 is 6.08. The number of ether oxygens (including phenoxy) is 1. The number of carboxylic acid groups (broad SMARTS) is 1. The molecule has 0 spiro atoms. The normalized spacial score (nSPS) is 17.0. The Labute approximate surface area is 195 Å². The quantitative estimate of drug-likeness (QED) is 0.563. The molecule has 33 heavy (non-hydrogen) atoms. The molecule has 9 nitrogen and oxygen atoms in total. The van der Waals surface area contributed by atoms with Crippen molar-refractivity contribution in [2.24, 2.45) is 5.92 Å². The number of carbonyl (C=O) groups is 4. The molecule has 1 aliphatic rings. The molecule has 2 aromatic carbocycles. The van der Waals surface area contributed by atoms with Gasteiger partial charge in [0.25, 0.3) is 0 Å². The first-order valence-corrected chi connectivity index (χ1v) is 10.6. The Kier molecular flexibility index (Phi) is 7.89. The molecule has 1 aliphatic heterocycles. The Bertz CT molecular complexity index is 1050. The van der Waals surface area contributed by atoms with Crippen molar-refractivity contribution in [3.8, 4) is 5.75 Å². The van der Waals surface area contributed by atoms with E-state index in [4.69, 9.17) is 16.3 Å². The number of rotatable bonds is 7. The first kappa shape index (κ1) is 24.1. The third kappa shape index (κ3) is 6.23. The second-order valence-electron chi connectivity index (χ2n) is 7.62. The number of nitrogens with one attached hydrogen (secondary N) is 2. The number of amides is 4. The fourth-order valence-corrected chi connectivity index (χ4v) is 3.80. The fraction of sp³-hybridized carbons (Fsp3) is 0.304. The minimum absolute atomic E-state index is 0.0173. The van der Waals surface area contributed by atoms with Gasteiger partial charge in [-0.2, -0.15) is 0 Å². The molecule has 3 N–H and O–H groups in total. The van der Waals surface area contributed by atoms with Gasteiger partial charge in [-0.05, 0) is 35.7 Å². The first-order chi connectivity index (χ1) is 15.8. The zero-order valence-corrected chi connectivity index (χ0v) is 18.7. The van der Waals surface area contributed by atoms with Gasteiger partial charge in [0.1, 0.15) is 18.3 Å². The summed E-state index contributed by atoms with van der Waals surface area (Å²) in [5, 5.41) is 15.0. The van der Waals surface area contributed by atoms with Gasteiger partial charge < -0.3 is 20.5 Å². The summed E-state index contributed by atoms with van der Waals surface area (Å²) in [6.07, 6.45) is 0.193. The van der Waals surface area contributed by atoms with E-state index < -0.39 is 42.3 Å². The largest absolute Gasteiger partial charge is 0.496 e. The molecule has 1 fully saturated rings. The molecule has 174 valence electrons. The Hall–Kier alpha value is -3.59. The number of urea groups is 1. The van der Waals surface area contributed by atoms with E-state index in [0.29, 0.717) is 21.9 Å². The van der Waals surface area contributed by atoms with Crippen LogP contribution in [0.4, 0.5) is 4.79 Å². The maximum atomic E-state index is 13.2. The van der Waals surface area contributed by atoms with Crippen LogP contribution in [0.15, 0.2) is 48.5 Å². The van der Waals surface area contributed by atoms with Gasteiger partial charge in [-0.25, -0.2) is 9.59 Å². The highest BCUT2D eigenvalue weighted by molar-refractivity contribution is 6.30. The van der Waals surface area contributed by atoms with E-state index >= 15 is 0 Å². The Morgan fingerprint density at radius 1 is 1.24 bits per heavy atom. The third-order valence-electron chi connectivity index (χ3n) is 5.29. The van der Waals surface area contributed by atoms with Gasteiger partial charge in [-0.1, -0.05) is 41.9 Å². The van der Waals surface area contributed by atoms with E-state index in [0.717, 1.165) is 4.90 Å². The lowest BCUT2D eigenvalue weighted by molar-refractivity contribution is -0.139. The number of carbonyl (C=O) groups excluding carboxylic acids is 3. The number of nitrogens with zero attached hydrogens (tertiary/aromatic N) is 1. The second kappa shape index (κ2) is 10.8. The van der Waals surface area contributed by atoms with Gasteiger partial charge in [0.05, 0.1) is 13.0 Å². The molecule has 0 bridgehead atoms. The molecular weight excluding hydrogens is 450 g/mol. The van der Waals surface area contributed by atoms with Gasteiger partial charge in [0, 0.05) is 18.0 Å². The van der Waals surface area contributed by atoms with Crippen LogP contribution in [-0.4, -0.2) is 60.1 Å². The standard InChI is InChI=1S/C23H24ClN3O6/c1-33-19-8-7-17(24)11-15(19)10-16-12-25-20(28)13-27(21(16)29)23(32)26-18(22(30)31)9-14-5-3-2-4-6-14/h2-8,11,16,18H,9-10,12-13H2,1H3,(H,25,28)(H,26,32)(H,30,31)/t16?,18-/m0/s1. The Morgan fingerprint density at radius 3 is 2.64 bits per heavy atom. The minimum atomic E-state index is -1.27. The van der Waals surface area contributed by atoms with Crippen LogP contribution < -0.4 is 15.4 Å². The lowest BCUT2D eigenvalue weighted by Crippen LogP contribution is -2.53. The van der Waals surface area contributed by atoms with Crippen LogP contribution in [0, 0.1) is 5.92 Å². The monoisotopic (exact) mass is 473 g/mol. The molecule has 1 saturated heterocycles. The van der Waals surface area contributed by atoms with Crippen LogP contribution in [0.5, 0.6) is 5.75 Å². The summed E-state index contributed by atoms with van der Waals surface area (Å²) in [7, 11) is 1.49. The van der Waals surface area contributed by atoms with E-state index in [1.54, 1.807) is 48.5 Å². The minimum Gasteiger partial charge on any atom is -0.496 e. The van der Waals surface area contributed by atoms with E-state index in [1.165, 1.54) is 7.11 Å². The van der Waals surface area contributed by atoms with Crippen molar-refractivity contribution in [1.82, 2.24) is 15.5 Å². The van der Waals surface area contributed by atoms with Crippen molar-refractivity contribution in [1.29, 1.82) is 0 Å². The van der Waals surface area contributed by atoms with E-state index in [2.05, 4.69) is 10.6 Å². The topological polar surface area (TPSA) is 125 Å². The molecule has 2 aromatic rings. The van der Waals surface area contributed by atoms with E-state index in [9.17, 15) is 24.3 Å². The molecule has 2 atom stereocenters. The SMILES string of the molecule is COc1ccc(Cl)cc1CC1CNC(=O)CN(C(=O)N[C@@H](Cc2ccccc2)C(=O)O)C1=O. The van der Waals surface area contributed by atoms with Crippen molar-refractivity contribution in [2.75, 3.05) is 20.2 Å². The molecule has 1 heterocycles. The molecule has 10 heteroatoms. The van der Waals surface area contributed by atoms with Crippen LogP contribution in [0.25, 0.3) is 0 Å². The summed E-state index contributed by atoms with van der Waals surface area (Å²) in [6.45, 7) is -0.491. The highest BCUT2D eigenvalue weighted by Gasteiger charge is 2.36. The third-order valence-corrected chi connectivity index (χ3v) is 5.53. The average Bonchev–Trinajstić information content (AvgIpc) is 2.93. The number of benzene rings is 2. The highest BCUT2D eigenvalue weighted by Crippen LogP contribution is 2.26. The molecule has 3 rings (SSSR count). The van der Waals surface area contributed by atoms with E-state index in [1.807, 2.05) is 0 Å². The van der Waals surface area contributed by atoms with Gasteiger partial charge in [0.15, 0.2) is 0 Å². The number of aliphatic carboxylic acids is 1. The van der Waals surface area contributed by atoms with Crippen LogP contribution in [-0.2, 0) is 27.2 Å². The Morgan fingerprint density at radius 2 is 1.97 bits per heavy atom. The lowest BCUT2D eigenvalue weighted by Gasteiger charge is -2.24. The first-order valence-electron chi connectivity index (χ1n) is 10.3. The summed E-state index contributed by atoms with van der Waals surface area (Å²) in [5.41, 5.74) is 1.35. The second-order valence-corrected chi connectivity index (χ2v) is 8.05. The van der Waals surface area contributed by atoms with Crippen molar-refractivity contribution < 1.29 is 29.0 Å². The van der Waals surface area contributed by atoms with Crippen LogP contribution in [0.1, 0.15) is 11.1 Å². The summed E-state index contributed by atoms with van der Waals surface area (Å²) in [5.74, 6) is -2.62. The van der Waals surface area contributed by atoms with Gasteiger partial charge in [-0.15, -0.1) is 0 Å². The van der Waals surface area contributed by atoms with Gasteiger partial charge >= 0.3 is 12.0 Å². The average molecular weight is 474 g/mol.